The van der Waals surface area contributed by atoms with E-state index < -0.39 is 0 Å². The van der Waals surface area contributed by atoms with Crippen LogP contribution in [0.25, 0.3) is 11.1 Å². The van der Waals surface area contributed by atoms with E-state index in [2.05, 4.69) is 42.5 Å². The Bertz CT molecular complexity index is 766. The van der Waals surface area contributed by atoms with E-state index in [1.54, 1.807) is 7.11 Å². The number of rotatable bonds is 4. The van der Waals surface area contributed by atoms with Crippen molar-refractivity contribution in [2.45, 2.75) is 6.42 Å². The third kappa shape index (κ3) is 2.96. The molecule has 0 aliphatic rings. The molecule has 0 aliphatic carbocycles. The minimum atomic E-state index is 0.765. The zero-order valence-corrected chi connectivity index (χ0v) is 12.6. The van der Waals surface area contributed by atoms with Crippen LogP contribution in [0.3, 0.4) is 0 Å². The Labute approximate surface area is 131 Å². The molecule has 0 atom stereocenters. The highest BCUT2D eigenvalue weighted by Crippen LogP contribution is 2.33. The van der Waals surface area contributed by atoms with Gasteiger partial charge in [-0.1, -0.05) is 54.6 Å². The van der Waals surface area contributed by atoms with Gasteiger partial charge >= 0.3 is 0 Å². The zero-order chi connectivity index (χ0) is 15.4. The molecule has 2 heteroatoms. The quantitative estimate of drug-likeness (QED) is 0.716. The van der Waals surface area contributed by atoms with Gasteiger partial charge in [0.1, 0.15) is 5.75 Å². The monoisotopic (exact) mass is 289 g/mol. The number of methoxy groups -OCH3 is 1. The molecule has 3 aromatic carbocycles. The van der Waals surface area contributed by atoms with Crippen molar-refractivity contribution in [1.82, 2.24) is 0 Å². The summed E-state index contributed by atoms with van der Waals surface area (Å²) < 4.78 is 5.33. The van der Waals surface area contributed by atoms with E-state index in [-0.39, 0.29) is 0 Å². The van der Waals surface area contributed by atoms with Crippen LogP contribution in [0.2, 0.25) is 0 Å². The van der Waals surface area contributed by atoms with E-state index >= 15 is 0 Å². The van der Waals surface area contributed by atoms with Crippen LogP contribution in [0, 0.1) is 0 Å². The molecule has 2 N–H and O–H groups in total. The summed E-state index contributed by atoms with van der Waals surface area (Å²) in [6, 6.07) is 24.6. The first-order valence-corrected chi connectivity index (χ1v) is 7.33. The molecule has 22 heavy (non-hydrogen) atoms. The van der Waals surface area contributed by atoms with E-state index in [4.69, 9.17) is 10.5 Å². The molecule has 0 saturated heterocycles. The molecule has 3 aromatic rings. The smallest absolute Gasteiger partial charge is 0.119 e. The maximum Gasteiger partial charge on any atom is 0.119 e. The number of anilines is 1. The molecule has 2 nitrogen and oxygen atoms in total. The van der Waals surface area contributed by atoms with Gasteiger partial charge in [0.15, 0.2) is 0 Å². The third-order valence-corrected chi connectivity index (χ3v) is 3.81. The first-order valence-electron chi connectivity index (χ1n) is 7.33. The molecule has 110 valence electrons. The summed E-state index contributed by atoms with van der Waals surface area (Å²) in [6.07, 6.45) is 0.883. The van der Waals surface area contributed by atoms with Gasteiger partial charge in [-0.15, -0.1) is 0 Å². The fraction of sp³-hybridized carbons (Fsp3) is 0.100. The second kappa shape index (κ2) is 6.35. The molecule has 0 bridgehead atoms. The van der Waals surface area contributed by atoms with Gasteiger partial charge < -0.3 is 10.5 Å². The molecular weight excluding hydrogens is 270 g/mol. The van der Waals surface area contributed by atoms with Crippen molar-refractivity contribution in [3.05, 3.63) is 83.9 Å². The first kappa shape index (κ1) is 14.2. The summed E-state index contributed by atoms with van der Waals surface area (Å²) in [6.45, 7) is 0. The summed E-state index contributed by atoms with van der Waals surface area (Å²) in [5.41, 5.74) is 11.7. The van der Waals surface area contributed by atoms with Gasteiger partial charge in [-0.3, -0.25) is 0 Å². The Balaban J connectivity index is 2.05. The Hall–Kier alpha value is -2.74. The number of hydrogen-bond acceptors (Lipinski definition) is 2. The fourth-order valence-electron chi connectivity index (χ4n) is 2.65. The van der Waals surface area contributed by atoms with E-state index in [9.17, 15) is 0 Å². The average molecular weight is 289 g/mol. The van der Waals surface area contributed by atoms with Crippen LogP contribution in [-0.4, -0.2) is 7.11 Å². The van der Waals surface area contributed by atoms with Crippen LogP contribution < -0.4 is 10.5 Å². The highest BCUT2D eigenvalue weighted by Gasteiger charge is 2.09. The van der Waals surface area contributed by atoms with Crippen LogP contribution in [0.15, 0.2) is 72.8 Å². The van der Waals surface area contributed by atoms with Gasteiger partial charge in [0.2, 0.25) is 0 Å². The van der Waals surface area contributed by atoms with Crippen molar-refractivity contribution in [2.75, 3.05) is 12.8 Å². The maximum atomic E-state index is 6.18. The number of nitrogen functional groups attached to an aromatic ring is 1. The van der Waals surface area contributed by atoms with Crippen LogP contribution >= 0.6 is 0 Å². The molecule has 0 radical (unpaired) electrons. The van der Waals surface area contributed by atoms with Gasteiger partial charge in [0.25, 0.3) is 0 Å². The molecule has 0 amide bonds. The lowest BCUT2D eigenvalue weighted by atomic mass is 9.94. The zero-order valence-electron chi connectivity index (χ0n) is 12.6. The number of nitrogens with two attached hydrogens (primary N) is 1. The molecular formula is C20H19NO. The molecule has 0 saturated carbocycles. The molecule has 0 fully saturated rings. The Morgan fingerprint density at radius 2 is 1.55 bits per heavy atom. The lowest BCUT2D eigenvalue weighted by molar-refractivity contribution is 0.415. The summed E-state index contributed by atoms with van der Waals surface area (Å²) in [4.78, 5) is 0. The molecule has 0 spiro atoms. The maximum absolute atomic E-state index is 6.18. The van der Waals surface area contributed by atoms with Crippen molar-refractivity contribution in [3.63, 3.8) is 0 Å². The second-order valence-electron chi connectivity index (χ2n) is 5.27. The van der Waals surface area contributed by atoms with Gasteiger partial charge in [0, 0.05) is 11.3 Å². The van der Waals surface area contributed by atoms with Crippen molar-refractivity contribution < 1.29 is 4.74 Å². The lowest BCUT2D eigenvalue weighted by Crippen LogP contribution is -1.96. The van der Waals surface area contributed by atoms with E-state index in [0.29, 0.717) is 0 Å². The van der Waals surface area contributed by atoms with Crippen LogP contribution in [-0.2, 0) is 6.42 Å². The number of hydrogen-bond donors (Lipinski definition) is 1. The average Bonchev–Trinajstić information content (AvgIpc) is 2.57. The summed E-state index contributed by atoms with van der Waals surface area (Å²) in [5, 5.41) is 0. The van der Waals surface area contributed by atoms with Crippen molar-refractivity contribution >= 4 is 5.69 Å². The molecule has 3 rings (SSSR count). The normalized spacial score (nSPS) is 10.4. The van der Waals surface area contributed by atoms with E-state index in [1.165, 1.54) is 11.1 Å². The minimum absolute atomic E-state index is 0.765. The molecule has 0 unspecified atom stereocenters. The highest BCUT2D eigenvalue weighted by atomic mass is 16.5. The first-order chi connectivity index (χ1) is 10.8. The van der Waals surface area contributed by atoms with Crippen molar-refractivity contribution in [3.8, 4) is 16.9 Å². The van der Waals surface area contributed by atoms with Gasteiger partial charge in [0.05, 0.1) is 7.11 Å². The van der Waals surface area contributed by atoms with E-state index in [1.807, 2.05) is 30.3 Å². The van der Waals surface area contributed by atoms with Crippen LogP contribution in [0.1, 0.15) is 11.1 Å². The summed E-state index contributed by atoms with van der Waals surface area (Å²) in [5.74, 6) is 0.818. The van der Waals surface area contributed by atoms with Gasteiger partial charge in [-0.05, 0) is 41.3 Å². The van der Waals surface area contributed by atoms with Gasteiger partial charge in [-0.25, -0.2) is 0 Å². The lowest BCUT2D eigenvalue weighted by Gasteiger charge is -2.13. The Morgan fingerprint density at radius 3 is 2.32 bits per heavy atom. The largest absolute Gasteiger partial charge is 0.497 e. The van der Waals surface area contributed by atoms with Crippen molar-refractivity contribution in [1.29, 1.82) is 0 Å². The second-order valence-corrected chi connectivity index (χ2v) is 5.27. The highest BCUT2D eigenvalue weighted by molar-refractivity contribution is 5.80. The minimum Gasteiger partial charge on any atom is -0.497 e. The van der Waals surface area contributed by atoms with Crippen LogP contribution in [0.4, 0.5) is 5.69 Å². The molecule has 0 aliphatic heterocycles. The number of ether oxygens (including phenoxy) is 1. The molecule has 0 aromatic heterocycles. The number of benzene rings is 3. The Morgan fingerprint density at radius 1 is 0.818 bits per heavy atom. The van der Waals surface area contributed by atoms with E-state index in [0.717, 1.165) is 29.0 Å². The summed E-state index contributed by atoms with van der Waals surface area (Å²) in [7, 11) is 1.67. The van der Waals surface area contributed by atoms with Gasteiger partial charge in [-0.2, -0.15) is 0 Å². The van der Waals surface area contributed by atoms with Crippen molar-refractivity contribution in [2.24, 2.45) is 0 Å². The third-order valence-electron chi connectivity index (χ3n) is 3.81. The predicted molar refractivity (Wildman–Crippen MR) is 92.1 cm³/mol. The topological polar surface area (TPSA) is 35.2 Å². The standard InChI is InChI=1S/C20H19NO/c1-22-17-11-12-20(21)19(14-17)18-10-6-5-9-16(18)13-15-7-3-2-4-8-15/h2-12,14H,13,21H2,1H3. The van der Waals surface area contributed by atoms with Crippen LogP contribution in [0.5, 0.6) is 5.75 Å². The Kier molecular flexibility index (Phi) is 4.10. The SMILES string of the molecule is COc1ccc(N)c(-c2ccccc2Cc2ccccc2)c1. The fourth-order valence-corrected chi connectivity index (χ4v) is 2.65. The summed E-state index contributed by atoms with van der Waals surface area (Å²) >= 11 is 0. The molecule has 0 heterocycles. The predicted octanol–water partition coefficient (Wildman–Crippen LogP) is 4.54.